The fourth-order valence-electron chi connectivity index (χ4n) is 3.19. The molecule has 0 unspecified atom stereocenters. The highest BCUT2D eigenvalue weighted by Crippen LogP contribution is 2.29. The molecule has 0 fully saturated rings. The number of nitrogens with zero attached hydrogens (tertiary/aromatic N) is 3. The first kappa shape index (κ1) is 20.2. The van der Waals surface area contributed by atoms with Crippen LogP contribution >= 0.6 is 23.1 Å². The van der Waals surface area contributed by atoms with E-state index in [1.165, 1.54) is 11.3 Å². The first-order chi connectivity index (χ1) is 11.8. The third kappa shape index (κ3) is 5.45. The van der Waals surface area contributed by atoms with E-state index in [-0.39, 0.29) is 11.5 Å². The largest absolute Gasteiger partial charge is 0.461 e. The minimum absolute atomic E-state index is 0.0728. The normalized spacial score (nSPS) is 15.5. The summed E-state index contributed by atoms with van der Waals surface area (Å²) in [4.78, 5) is 24.9. The third-order valence-corrected chi connectivity index (χ3v) is 5.72. The Morgan fingerprint density at radius 1 is 1.48 bits per heavy atom. The van der Waals surface area contributed by atoms with Crippen molar-refractivity contribution >= 4 is 34.2 Å². The lowest BCUT2D eigenvalue weighted by Crippen LogP contribution is -2.36. The lowest BCUT2D eigenvalue weighted by atomic mass is 9.94. The van der Waals surface area contributed by atoms with Crippen molar-refractivity contribution in [2.75, 3.05) is 19.4 Å². The molecule has 0 saturated carbocycles. The Hall–Kier alpha value is -1.08. The zero-order chi connectivity index (χ0) is 18.6. The zero-order valence-corrected chi connectivity index (χ0v) is 17.7. The Balaban J connectivity index is 2.16. The number of carbonyl (C=O) groups is 1. The van der Waals surface area contributed by atoms with Crippen molar-refractivity contribution in [3.63, 3.8) is 0 Å². The zero-order valence-electron chi connectivity index (χ0n) is 16.1. The Morgan fingerprint density at radius 2 is 2.20 bits per heavy atom. The molecule has 0 aromatic carbocycles. The summed E-state index contributed by atoms with van der Waals surface area (Å²) in [7, 11) is 0. The van der Waals surface area contributed by atoms with E-state index in [0.29, 0.717) is 17.5 Å². The summed E-state index contributed by atoms with van der Waals surface area (Å²) in [6.07, 6.45) is 3.98. The molecule has 25 heavy (non-hydrogen) atoms. The molecule has 5 nitrogen and oxygen atoms in total. The fraction of sp³-hybridized carbons (Fsp3) is 0.722. The van der Waals surface area contributed by atoms with Crippen molar-refractivity contribution in [3.05, 3.63) is 15.6 Å². The van der Waals surface area contributed by atoms with Crippen LogP contribution < -0.4 is 0 Å². The van der Waals surface area contributed by atoms with Gasteiger partial charge >= 0.3 is 5.97 Å². The number of aromatic nitrogens is 1. The van der Waals surface area contributed by atoms with Gasteiger partial charge in [-0.25, -0.2) is 9.78 Å². The van der Waals surface area contributed by atoms with E-state index in [1.807, 2.05) is 6.92 Å². The number of rotatable bonds is 5. The molecule has 1 aromatic heterocycles. The van der Waals surface area contributed by atoms with Gasteiger partial charge in [-0.05, 0) is 39.4 Å². The van der Waals surface area contributed by atoms with Gasteiger partial charge in [0.15, 0.2) is 5.17 Å². The van der Waals surface area contributed by atoms with Crippen molar-refractivity contribution in [2.45, 2.75) is 59.5 Å². The third-order valence-electron chi connectivity index (χ3n) is 3.94. The molecule has 0 amide bonds. The number of hydrogen-bond acceptors (Lipinski definition) is 6. The van der Waals surface area contributed by atoms with Crippen LogP contribution in [0.4, 0.5) is 0 Å². The number of ether oxygens (including phenoxy) is 1. The first-order valence-corrected chi connectivity index (χ1v) is 10.8. The Kier molecular flexibility index (Phi) is 6.91. The van der Waals surface area contributed by atoms with Gasteiger partial charge in [-0.3, -0.25) is 4.99 Å². The molecule has 1 aromatic rings. The van der Waals surface area contributed by atoms with E-state index in [2.05, 4.69) is 43.8 Å². The van der Waals surface area contributed by atoms with Gasteiger partial charge < -0.3 is 9.64 Å². The number of carbonyl (C=O) groups excluding carboxylic acids is 1. The second kappa shape index (κ2) is 8.54. The Bertz CT molecular complexity index is 638. The van der Waals surface area contributed by atoms with E-state index in [1.54, 1.807) is 11.8 Å². The van der Waals surface area contributed by atoms with Gasteiger partial charge in [0.2, 0.25) is 5.01 Å². The number of fused-ring (bicyclic) bond motifs is 1. The molecule has 0 atom stereocenters. The van der Waals surface area contributed by atoms with Gasteiger partial charge in [0, 0.05) is 17.8 Å². The average Bonchev–Trinajstić information content (AvgIpc) is 2.94. The number of thiazole rings is 1. The van der Waals surface area contributed by atoms with Crippen LogP contribution in [0.15, 0.2) is 4.99 Å². The van der Waals surface area contributed by atoms with E-state index < -0.39 is 0 Å². The average molecular weight is 384 g/mol. The Labute approximate surface area is 159 Å². The second-order valence-corrected chi connectivity index (χ2v) is 9.15. The standard InChI is InChI=1S/C18H29N3O2S2/c1-7-23-16(22)15-19-13-8-9-21(11-14(13)25-15)17(24-6)20-18(4,5)10-12(2)3/h12H,7-11H2,1-6H3. The highest BCUT2D eigenvalue weighted by atomic mass is 32.2. The SMILES string of the molecule is CCOC(=O)c1nc2c(s1)CN(C(=NC(C)(C)CC(C)C)SC)CC2. The van der Waals surface area contributed by atoms with Gasteiger partial charge in [-0.2, -0.15) is 0 Å². The number of hydrogen-bond donors (Lipinski definition) is 0. The van der Waals surface area contributed by atoms with Crippen LogP contribution in [0, 0.1) is 5.92 Å². The summed E-state index contributed by atoms with van der Waals surface area (Å²) >= 11 is 3.15. The van der Waals surface area contributed by atoms with Crippen LogP contribution in [0.1, 0.15) is 61.4 Å². The maximum Gasteiger partial charge on any atom is 0.367 e. The van der Waals surface area contributed by atoms with E-state index >= 15 is 0 Å². The van der Waals surface area contributed by atoms with Crippen LogP contribution in [0.3, 0.4) is 0 Å². The van der Waals surface area contributed by atoms with Crippen LogP contribution in [-0.2, 0) is 17.7 Å². The van der Waals surface area contributed by atoms with Crippen molar-refractivity contribution in [3.8, 4) is 0 Å². The van der Waals surface area contributed by atoms with Crippen LogP contribution in [0.5, 0.6) is 0 Å². The first-order valence-electron chi connectivity index (χ1n) is 8.80. The predicted octanol–water partition coefficient (Wildman–Crippen LogP) is 4.22. The van der Waals surface area contributed by atoms with Gasteiger partial charge in [-0.1, -0.05) is 25.6 Å². The molecule has 0 N–H and O–H groups in total. The van der Waals surface area contributed by atoms with Crippen molar-refractivity contribution < 1.29 is 9.53 Å². The predicted molar refractivity (Wildman–Crippen MR) is 107 cm³/mol. The lowest BCUT2D eigenvalue weighted by molar-refractivity contribution is 0.0525. The number of thioether (sulfide) groups is 1. The van der Waals surface area contributed by atoms with Gasteiger partial charge in [0.05, 0.1) is 24.4 Å². The maximum absolute atomic E-state index is 11.9. The molecule has 0 bridgehead atoms. The summed E-state index contributed by atoms with van der Waals surface area (Å²) in [5.74, 6) is 0.300. The molecular weight excluding hydrogens is 354 g/mol. The maximum atomic E-state index is 11.9. The van der Waals surface area contributed by atoms with Crippen LogP contribution in [0.25, 0.3) is 0 Å². The summed E-state index contributed by atoms with van der Waals surface area (Å²) < 4.78 is 5.07. The van der Waals surface area contributed by atoms with Crippen molar-refractivity contribution in [2.24, 2.45) is 10.9 Å². The number of esters is 1. The number of aliphatic imine (C=N–C) groups is 1. The quantitative estimate of drug-likeness (QED) is 0.433. The lowest BCUT2D eigenvalue weighted by Gasteiger charge is -2.31. The Morgan fingerprint density at radius 3 is 2.80 bits per heavy atom. The summed E-state index contributed by atoms with van der Waals surface area (Å²) in [6, 6.07) is 0. The molecule has 0 spiro atoms. The molecule has 140 valence electrons. The van der Waals surface area contributed by atoms with E-state index in [4.69, 9.17) is 9.73 Å². The molecule has 1 aliphatic rings. The topological polar surface area (TPSA) is 54.8 Å². The molecule has 2 rings (SSSR count). The highest BCUT2D eigenvalue weighted by Gasteiger charge is 2.27. The minimum atomic E-state index is -0.315. The van der Waals surface area contributed by atoms with E-state index in [0.717, 1.165) is 41.7 Å². The summed E-state index contributed by atoms with van der Waals surface area (Å²) in [5, 5.41) is 1.54. The minimum Gasteiger partial charge on any atom is -0.461 e. The van der Waals surface area contributed by atoms with Crippen LogP contribution in [-0.4, -0.2) is 46.0 Å². The molecular formula is C18H29N3O2S2. The van der Waals surface area contributed by atoms with Crippen LogP contribution in [0.2, 0.25) is 0 Å². The monoisotopic (exact) mass is 383 g/mol. The van der Waals surface area contributed by atoms with Gasteiger partial charge in [-0.15, -0.1) is 11.3 Å². The molecule has 0 saturated heterocycles. The van der Waals surface area contributed by atoms with Crippen molar-refractivity contribution in [1.82, 2.24) is 9.88 Å². The molecule has 7 heteroatoms. The van der Waals surface area contributed by atoms with Crippen molar-refractivity contribution in [1.29, 1.82) is 0 Å². The molecule has 2 heterocycles. The van der Waals surface area contributed by atoms with E-state index in [9.17, 15) is 4.79 Å². The highest BCUT2D eigenvalue weighted by molar-refractivity contribution is 8.13. The summed E-state index contributed by atoms with van der Waals surface area (Å²) in [5.41, 5.74) is 0.961. The smallest absolute Gasteiger partial charge is 0.367 e. The fourth-order valence-corrected chi connectivity index (χ4v) is 4.96. The molecule has 1 aliphatic heterocycles. The molecule has 0 radical (unpaired) electrons. The molecule has 0 aliphatic carbocycles. The van der Waals surface area contributed by atoms with Gasteiger partial charge in [0.1, 0.15) is 0 Å². The number of amidine groups is 1. The second-order valence-electron chi connectivity index (χ2n) is 7.29. The van der Waals surface area contributed by atoms with Gasteiger partial charge in [0.25, 0.3) is 0 Å². The summed E-state index contributed by atoms with van der Waals surface area (Å²) in [6.45, 7) is 12.7.